The third-order valence-corrected chi connectivity index (χ3v) is 4.97. The predicted molar refractivity (Wildman–Crippen MR) is 76.5 cm³/mol. The van der Waals surface area contributed by atoms with Crippen molar-refractivity contribution in [3.63, 3.8) is 0 Å². The highest BCUT2D eigenvalue weighted by molar-refractivity contribution is 8.13. The van der Waals surface area contributed by atoms with Crippen LogP contribution in [0.3, 0.4) is 0 Å². The van der Waals surface area contributed by atoms with Crippen LogP contribution in [0.1, 0.15) is 6.42 Å². The molecule has 4 nitrogen and oxygen atoms in total. The topological polar surface area (TPSA) is 54.5 Å². The molecule has 1 heterocycles. The average molecular weight is 361 g/mol. The molecule has 110 valence electrons. The number of anilines is 1. The normalized spacial score (nSPS) is 19.7. The first-order valence-corrected chi connectivity index (χ1v) is 8.78. The molecular weight excluding hydrogens is 352 g/mol. The Morgan fingerprint density at radius 3 is 2.60 bits per heavy atom. The number of carbonyl (C=O) groups excluding carboxylic acids is 1. The quantitative estimate of drug-likeness (QED) is 0.615. The Kier molecular flexibility index (Phi) is 4.49. The number of hydrogen-bond acceptors (Lipinski definition) is 3. The van der Waals surface area contributed by atoms with Crippen LogP contribution >= 0.6 is 33.9 Å². The van der Waals surface area contributed by atoms with Gasteiger partial charge in [0.1, 0.15) is 0 Å². The number of rotatable bonds is 3. The molecule has 1 saturated heterocycles. The van der Waals surface area contributed by atoms with E-state index in [-0.39, 0.29) is 40.4 Å². The van der Waals surface area contributed by atoms with Crippen LogP contribution in [0.5, 0.6) is 0 Å². The van der Waals surface area contributed by atoms with E-state index in [4.69, 9.17) is 33.9 Å². The van der Waals surface area contributed by atoms with Crippen molar-refractivity contribution >= 4 is 54.5 Å². The minimum atomic E-state index is -3.71. The van der Waals surface area contributed by atoms with Gasteiger partial charge in [-0.15, -0.1) is 0 Å². The summed E-state index contributed by atoms with van der Waals surface area (Å²) in [6, 6.07) is 2.71. The SMILES string of the molecule is O=C1CC(CS(=O)(=O)Cl)CN1c1ccc(Cl)c(Cl)c1F. The second kappa shape index (κ2) is 5.67. The monoisotopic (exact) mass is 359 g/mol. The third-order valence-electron chi connectivity index (χ3n) is 2.95. The second-order valence-corrected chi connectivity index (χ2v) is 8.08. The van der Waals surface area contributed by atoms with Gasteiger partial charge < -0.3 is 4.90 Å². The summed E-state index contributed by atoms with van der Waals surface area (Å²) in [4.78, 5) is 13.0. The van der Waals surface area contributed by atoms with Gasteiger partial charge in [0.15, 0.2) is 5.82 Å². The summed E-state index contributed by atoms with van der Waals surface area (Å²) in [5.41, 5.74) is -0.0149. The fraction of sp³-hybridized carbons (Fsp3) is 0.364. The summed E-state index contributed by atoms with van der Waals surface area (Å²) >= 11 is 11.4. The van der Waals surface area contributed by atoms with E-state index < -0.39 is 20.8 Å². The molecule has 0 saturated carbocycles. The molecule has 1 atom stereocenters. The number of benzene rings is 1. The summed E-state index contributed by atoms with van der Waals surface area (Å²) in [5.74, 6) is -1.99. The molecular formula is C11H9Cl3FNO3S. The van der Waals surface area contributed by atoms with E-state index in [0.717, 1.165) is 4.90 Å². The first-order chi connectivity index (χ1) is 9.19. The molecule has 1 aromatic rings. The highest BCUT2D eigenvalue weighted by Gasteiger charge is 2.34. The van der Waals surface area contributed by atoms with E-state index in [1.807, 2.05) is 0 Å². The van der Waals surface area contributed by atoms with Gasteiger partial charge in [0, 0.05) is 29.6 Å². The lowest BCUT2D eigenvalue weighted by Gasteiger charge is -2.18. The molecule has 20 heavy (non-hydrogen) atoms. The Morgan fingerprint density at radius 1 is 1.35 bits per heavy atom. The lowest BCUT2D eigenvalue weighted by molar-refractivity contribution is -0.117. The van der Waals surface area contributed by atoms with Crippen LogP contribution in [-0.2, 0) is 13.8 Å². The number of carbonyl (C=O) groups is 1. The summed E-state index contributed by atoms with van der Waals surface area (Å²) in [7, 11) is 1.45. The molecule has 1 fully saturated rings. The van der Waals surface area contributed by atoms with Crippen molar-refractivity contribution in [1.82, 2.24) is 0 Å². The molecule has 1 amide bonds. The molecule has 0 bridgehead atoms. The zero-order valence-corrected chi connectivity index (χ0v) is 13.0. The van der Waals surface area contributed by atoms with E-state index in [1.165, 1.54) is 12.1 Å². The van der Waals surface area contributed by atoms with Crippen molar-refractivity contribution in [2.75, 3.05) is 17.2 Å². The van der Waals surface area contributed by atoms with E-state index in [1.54, 1.807) is 0 Å². The molecule has 0 spiro atoms. The highest BCUT2D eigenvalue weighted by Crippen LogP contribution is 2.35. The van der Waals surface area contributed by atoms with Crippen molar-refractivity contribution < 1.29 is 17.6 Å². The molecule has 0 aliphatic carbocycles. The van der Waals surface area contributed by atoms with Crippen LogP contribution < -0.4 is 4.90 Å². The van der Waals surface area contributed by atoms with E-state index in [0.29, 0.717) is 0 Å². The molecule has 1 aliphatic heterocycles. The third kappa shape index (κ3) is 3.36. The number of nitrogens with zero attached hydrogens (tertiary/aromatic N) is 1. The summed E-state index contributed by atoms with van der Waals surface area (Å²) in [5, 5.41) is -0.232. The van der Waals surface area contributed by atoms with Crippen molar-refractivity contribution in [2.24, 2.45) is 5.92 Å². The number of amides is 1. The summed E-state index contributed by atoms with van der Waals surface area (Å²) in [6.45, 7) is 0.0691. The van der Waals surface area contributed by atoms with Crippen LogP contribution in [0.2, 0.25) is 10.0 Å². The molecule has 0 N–H and O–H groups in total. The van der Waals surface area contributed by atoms with E-state index in [2.05, 4.69) is 0 Å². The predicted octanol–water partition coefficient (Wildman–Crippen LogP) is 3.05. The second-order valence-electron chi connectivity index (χ2n) is 4.47. The van der Waals surface area contributed by atoms with E-state index in [9.17, 15) is 17.6 Å². The fourth-order valence-electron chi connectivity index (χ4n) is 2.13. The Balaban J connectivity index is 2.27. The van der Waals surface area contributed by atoms with Crippen molar-refractivity contribution in [1.29, 1.82) is 0 Å². The maximum Gasteiger partial charge on any atom is 0.232 e. The average Bonchev–Trinajstić information content (AvgIpc) is 2.65. The van der Waals surface area contributed by atoms with Gasteiger partial charge in [-0.2, -0.15) is 0 Å². The van der Waals surface area contributed by atoms with Gasteiger partial charge in [0.25, 0.3) is 0 Å². The van der Waals surface area contributed by atoms with Crippen LogP contribution in [0, 0.1) is 11.7 Å². The van der Waals surface area contributed by atoms with Gasteiger partial charge in [-0.05, 0) is 12.1 Å². The minimum Gasteiger partial charge on any atom is -0.309 e. The Bertz CT molecular complexity index is 665. The van der Waals surface area contributed by atoms with Gasteiger partial charge in [0.2, 0.25) is 15.0 Å². The maximum atomic E-state index is 14.0. The lowest BCUT2D eigenvalue weighted by Crippen LogP contribution is -2.26. The van der Waals surface area contributed by atoms with Gasteiger partial charge in [0.05, 0.1) is 21.5 Å². The van der Waals surface area contributed by atoms with Crippen LogP contribution in [-0.4, -0.2) is 26.6 Å². The largest absolute Gasteiger partial charge is 0.309 e. The van der Waals surface area contributed by atoms with E-state index >= 15 is 0 Å². The maximum absolute atomic E-state index is 14.0. The molecule has 2 rings (SSSR count). The zero-order valence-electron chi connectivity index (χ0n) is 9.95. The van der Waals surface area contributed by atoms with Gasteiger partial charge in [-0.1, -0.05) is 23.2 Å². The standard InChI is InChI=1S/C11H9Cl3FNO3S/c12-7-1-2-8(11(15)10(7)13)16-4-6(3-9(16)17)5-20(14,18)19/h1-2,6H,3-5H2. The van der Waals surface area contributed by atoms with Crippen LogP contribution in [0.4, 0.5) is 10.1 Å². The molecule has 1 aliphatic rings. The van der Waals surface area contributed by atoms with Crippen LogP contribution in [0.15, 0.2) is 12.1 Å². The molecule has 1 unspecified atom stereocenters. The fourth-order valence-corrected chi connectivity index (χ4v) is 3.76. The Morgan fingerprint density at radius 2 is 2.00 bits per heavy atom. The summed E-state index contributed by atoms with van der Waals surface area (Å²) in [6.07, 6.45) is -0.00830. The number of halogens is 4. The minimum absolute atomic E-state index is 0.00830. The highest BCUT2D eigenvalue weighted by atomic mass is 35.7. The molecule has 1 aromatic carbocycles. The van der Waals surface area contributed by atoms with Crippen molar-refractivity contribution in [2.45, 2.75) is 6.42 Å². The number of hydrogen-bond donors (Lipinski definition) is 0. The summed E-state index contributed by atoms with van der Waals surface area (Å²) < 4.78 is 36.0. The van der Waals surface area contributed by atoms with Crippen molar-refractivity contribution in [3.05, 3.63) is 28.0 Å². The zero-order chi connectivity index (χ0) is 15.1. The molecule has 9 heteroatoms. The van der Waals surface area contributed by atoms with Gasteiger partial charge >= 0.3 is 0 Å². The first-order valence-electron chi connectivity index (χ1n) is 5.55. The lowest BCUT2D eigenvalue weighted by atomic mass is 10.1. The van der Waals surface area contributed by atoms with Crippen LogP contribution in [0.25, 0.3) is 0 Å². The first kappa shape index (κ1) is 15.8. The Labute approximate surface area is 129 Å². The van der Waals surface area contributed by atoms with Gasteiger partial charge in [-0.3, -0.25) is 4.79 Å². The smallest absolute Gasteiger partial charge is 0.232 e. The Hall–Kier alpha value is -0.560. The van der Waals surface area contributed by atoms with Gasteiger partial charge in [-0.25, -0.2) is 12.8 Å². The molecule has 0 radical (unpaired) electrons. The van der Waals surface area contributed by atoms with Crippen molar-refractivity contribution in [3.8, 4) is 0 Å². The molecule has 0 aromatic heterocycles.